The number of rotatable bonds is 6. The average molecular weight is 467 g/mol. The second-order valence-corrected chi connectivity index (χ2v) is 9.00. The van der Waals surface area contributed by atoms with Crippen molar-refractivity contribution in [3.8, 4) is 17.1 Å². The van der Waals surface area contributed by atoms with Crippen LogP contribution < -0.4 is 10.5 Å². The minimum atomic E-state index is -0.918. The number of primary amides is 1. The van der Waals surface area contributed by atoms with E-state index in [4.69, 9.17) is 26.6 Å². The van der Waals surface area contributed by atoms with Crippen molar-refractivity contribution >= 4 is 23.4 Å². The molecule has 0 spiro atoms. The predicted octanol–water partition coefficient (Wildman–Crippen LogP) is 3.55. The number of piperidine rings is 1. The standard InChI is InChI=1S/C24H23ClN4O4/c1-24-13-16(14-7-3-5-10-18(14)32-24)20(21(26)30)23(31)29(24)12-6-11-19-27-22(28-33-19)15-8-2-4-9-17(15)25/h2-5,7-10,16,20H,6,11-13H2,1H3,(H2,26,30). The molecule has 3 unspecified atom stereocenters. The predicted molar refractivity (Wildman–Crippen MR) is 120 cm³/mol. The lowest BCUT2D eigenvalue weighted by Crippen LogP contribution is -2.64. The lowest BCUT2D eigenvalue weighted by atomic mass is 9.73. The Morgan fingerprint density at radius 1 is 1.24 bits per heavy atom. The number of fused-ring (bicyclic) bond motifs is 4. The number of benzene rings is 2. The number of aryl methyl sites for hydroxylation is 1. The molecule has 2 amide bonds. The van der Waals surface area contributed by atoms with E-state index in [2.05, 4.69) is 10.1 Å². The summed E-state index contributed by atoms with van der Waals surface area (Å²) in [5.74, 6) is -0.595. The van der Waals surface area contributed by atoms with Crippen molar-refractivity contribution in [2.45, 2.75) is 37.8 Å². The number of hydrogen-bond donors (Lipinski definition) is 1. The van der Waals surface area contributed by atoms with Crippen molar-refractivity contribution < 1.29 is 18.8 Å². The fourth-order valence-corrected chi connectivity index (χ4v) is 5.10. The van der Waals surface area contributed by atoms with Crippen LogP contribution in [-0.4, -0.2) is 39.1 Å². The van der Waals surface area contributed by atoms with Gasteiger partial charge in [-0.25, -0.2) is 0 Å². The highest BCUT2D eigenvalue weighted by Gasteiger charge is 2.55. The molecular formula is C24H23ClN4O4. The lowest BCUT2D eigenvalue weighted by molar-refractivity contribution is -0.175. The maximum absolute atomic E-state index is 13.3. The number of para-hydroxylation sites is 1. The zero-order valence-corrected chi connectivity index (χ0v) is 18.8. The topological polar surface area (TPSA) is 112 Å². The molecule has 2 aliphatic rings. The smallest absolute Gasteiger partial charge is 0.238 e. The van der Waals surface area contributed by atoms with E-state index in [9.17, 15) is 9.59 Å². The van der Waals surface area contributed by atoms with Crippen molar-refractivity contribution in [1.29, 1.82) is 0 Å². The number of nitrogens with zero attached hydrogens (tertiary/aromatic N) is 3. The van der Waals surface area contributed by atoms with E-state index in [-0.39, 0.29) is 11.8 Å². The summed E-state index contributed by atoms with van der Waals surface area (Å²) in [6, 6.07) is 14.8. The Morgan fingerprint density at radius 3 is 2.79 bits per heavy atom. The van der Waals surface area contributed by atoms with Gasteiger partial charge in [0.15, 0.2) is 5.72 Å². The molecule has 2 aliphatic heterocycles. The van der Waals surface area contributed by atoms with E-state index in [1.807, 2.05) is 49.4 Å². The van der Waals surface area contributed by atoms with Crippen LogP contribution in [0.2, 0.25) is 5.02 Å². The number of ether oxygens (including phenoxy) is 1. The summed E-state index contributed by atoms with van der Waals surface area (Å²) in [5, 5.41) is 4.56. The van der Waals surface area contributed by atoms with Crippen LogP contribution in [0, 0.1) is 5.92 Å². The van der Waals surface area contributed by atoms with Gasteiger partial charge < -0.3 is 19.9 Å². The van der Waals surface area contributed by atoms with Gasteiger partial charge in [-0.15, -0.1) is 0 Å². The van der Waals surface area contributed by atoms with Crippen LogP contribution in [0.3, 0.4) is 0 Å². The van der Waals surface area contributed by atoms with Gasteiger partial charge in [0.2, 0.25) is 23.5 Å². The number of likely N-dealkylation sites (tertiary alicyclic amines) is 1. The highest BCUT2D eigenvalue weighted by atomic mass is 35.5. The Kier molecular flexibility index (Phi) is 5.32. The maximum Gasteiger partial charge on any atom is 0.238 e. The van der Waals surface area contributed by atoms with Crippen molar-refractivity contribution in [2.75, 3.05) is 6.54 Å². The summed E-state index contributed by atoms with van der Waals surface area (Å²) in [6.45, 7) is 2.24. The second kappa shape index (κ2) is 8.19. The summed E-state index contributed by atoms with van der Waals surface area (Å²) in [4.78, 5) is 31.7. The number of halogens is 1. The molecule has 2 bridgehead atoms. The summed E-state index contributed by atoms with van der Waals surface area (Å²) >= 11 is 6.21. The van der Waals surface area contributed by atoms with Gasteiger partial charge >= 0.3 is 0 Å². The minimum Gasteiger partial charge on any atom is -0.468 e. The summed E-state index contributed by atoms with van der Waals surface area (Å²) < 4.78 is 11.6. The summed E-state index contributed by atoms with van der Waals surface area (Å²) in [6.07, 6.45) is 1.51. The van der Waals surface area contributed by atoms with Gasteiger partial charge in [0, 0.05) is 30.9 Å². The number of aromatic nitrogens is 2. The zero-order chi connectivity index (χ0) is 23.2. The van der Waals surface area contributed by atoms with E-state index in [0.717, 1.165) is 5.56 Å². The first-order valence-electron chi connectivity index (χ1n) is 10.8. The molecule has 3 heterocycles. The van der Waals surface area contributed by atoms with E-state index >= 15 is 0 Å². The third-order valence-electron chi connectivity index (χ3n) is 6.41. The van der Waals surface area contributed by atoms with Crippen molar-refractivity contribution in [3.63, 3.8) is 0 Å². The van der Waals surface area contributed by atoms with Crippen LogP contribution in [-0.2, 0) is 16.0 Å². The third kappa shape index (κ3) is 3.74. The first-order chi connectivity index (χ1) is 15.9. The van der Waals surface area contributed by atoms with Crippen LogP contribution in [0.4, 0.5) is 0 Å². The van der Waals surface area contributed by atoms with Crippen molar-refractivity contribution in [2.24, 2.45) is 11.7 Å². The normalized spacial score (nSPS) is 23.7. The molecular weight excluding hydrogens is 444 g/mol. The van der Waals surface area contributed by atoms with E-state index < -0.39 is 17.6 Å². The Labute approximate surface area is 195 Å². The Bertz CT molecular complexity index is 1230. The Balaban J connectivity index is 1.33. The molecule has 1 saturated heterocycles. The Hall–Kier alpha value is -3.39. The van der Waals surface area contributed by atoms with Crippen LogP contribution >= 0.6 is 11.6 Å². The number of nitrogens with two attached hydrogens (primary N) is 1. The largest absolute Gasteiger partial charge is 0.468 e. The molecule has 5 rings (SSSR count). The highest BCUT2D eigenvalue weighted by Crippen LogP contribution is 2.50. The number of hydrogen-bond acceptors (Lipinski definition) is 6. The van der Waals surface area contributed by atoms with Gasteiger partial charge in [-0.3, -0.25) is 9.59 Å². The number of carbonyl (C=O) groups excluding carboxylic acids is 2. The zero-order valence-electron chi connectivity index (χ0n) is 18.0. The maximum atomic E-state index is 13.3. The van der Waals surface area contributed by atoms with Gasteiger partial charge in [0.05, 0.1) is 5.02 Å². The second-order valence-electron chi connectivity index (χ2n) is 8.59. The quantitative estimate of drug-likeness (QED) is 0.556. The first kappa shape index (κ1) is 21.5. The summed E-state index contributed by atoms with van der Waals surface area (Å²) in [7, 11) is 0. The third-order valence-corrected chi connectivity index (χ3v) is 6.74. The molecule has 3 aromatic rings. The highest BCUT2D eigenvalue weighted by molar-refractivity contribution is 6.33. The SMILES string of the molecule is CC12CC(c3ccccc3O1)C(C(N)=O)C(=O)N2CCCc1nc(-c2ccccc2Cl)no1. The molecule has 0 aliphatic carbocycles. The van der Waals surface area contributed by atoms with Crippen LogP contribution in [0.15, 0.2) is 53.1 Å². The fourth-order valence-electron chi connectivity index (χ4n) is 4.88. The van der Waals surface area contributed by atoms with Gasteiger partial charge in [-0.1, -0.05) is 47.1 Å². The molecule has 2 N–H and O–H groups in total. The fraction of sp³-hybridized carbons (Fsp3) is 0.333. The average Bonchev–Trinajstić information content (AvgIpc) is 3.24. The molecule has 1 aromatic heterocycles. The van der Waals surface area contributed by atoms with Crippen LogP contribution in [0.25, 0.3) is 11.4 Å². The van der Waals surface area contributed by atoms with Crippen molar-refractivity contribution in [3.05, 3.63) is 65.0 Å². The molecule has 0 saturated carbocycles. The molecule has 9 heteroatoms. The van der Waals surface area contributed by atoms with Crippen LogP contribution in [0.1, 0.15) is 37.1 Å². The first-order valence-corrected chi connectivity index (χ1v) is 11.2. The molecule has 3 atom stereocenters. The summed E-state index contributed by atoms with van der Waals surface area (Å²) in [5.41, 5.74) is 6.36. The Morgan fingerprint density at radius 2 is 2.00 bits per heavy atom. The number of amides is 2. The van der Waals surface area contributed by atoms with Crippen LogP contribution in [0.5, 0.6) is 5.75 Å². The molecule has 170 valence electrons. The van der Waals surface area contributed by atoms with E-state index in [0.29, 0.717) is 53.9 Å². The van der Waals surface area contributed by atoms with Gasteiger partial charge in [-0.05, 0) is 37.1 Å². The molecule has 0 radical (unpaired) electrons. The van der Waals surface area contributed by atoms with Gasteiger partial charge in [0.25, 0.3) is 0 Å². The minimum absolute atomic E-state index is 0.296. The van der Waals surface area contributed by atoms with Gasteiger partial charge in [0.1, 0.15) is 11.7 Å². The monoisotopic (exact) mass is 466 g/mol. The molecule has 8 nitrogen and oxygen atoms in total. The van der Waals surface area contributed by atoms with Crippen molar-refractivity contribution in [1.82, 2.24) is 15.0 Å². The number of carbonyl (C=O) groups is 2. The molecule has 2 aromatic carbocycles. The molecule has 33 heavy (non-hydrogen) atoms. The van der Waals surface area contributed by atoms with E-state index in [1.165, 1.54) is 0 Å². The lowest BCUT2D eigenvalue weighted by Gasteiger charge is -2.52. The molecule has 1 fully saturated rings. The van der Waals surface area contributed by atoms with E-state index in [1.54, 1.807) is 11.0 Å². The van der Waals surface area contributed by atoms with Gasteiger partial charge in [-0.2, -0.15) is 4.98 Å².